The zero-order chi connectivity index (χ0) is 12.1. The van der Waals surface area contributed by atoms with E-state index in [9.17, 15) is 0 Å². The summed E-state index contributed by atoms with van der Waals surface area (Å²) in [5.74, 6) is 0.970. The summed E-state index contributed by atoms with van der Waals surface area (Å²) >= 11 is 0. The largest absolute Gasteiger partial charge is 0.310 e. The molecule has 0 aliphatic heterocycles. The van der Waals surface area contributed by atoms with Gasteiger partial charge in [0, 0.05) is 23.8 Å². The maximum atomic E-state index is 4.06. The quantitative estimate of drug-likeness (QED) is 0.787. The zero-order valence-electron chi connectivity index (χ0n) is 11.1. The summed E-state index contributed by atoms with van der Waals surface area (Å²) in [5.41, 5.74) is 2.50. The van der Waals surface area contributed by atoms with Crippen LogP contribution in [0.2, 0.25) is 0 Å². The SMILES string of the molecule is CCC1CCCC(NCc2cn[nH]c2C)CC1. The van der Waals surface area contributed by atoms with E-state index in [2.05, 4.69) is 29.4 Å². The summed E-state index contributed by atoms with van der Waals surface area (Å²) < 4.78 is 0. The average Bonchev–Trinajstić information content (AvgIpc) is 2.63. The Kier molecular flexibility index (Phi) is 4.60. The Morgan fingerprint density at radius 3 is 2.94 bits per heavy atom. The molecule has 3 heteroatoms. The van der Waals surface area contributed by atoms with Crippen molar-refractivity contribution in [3.8, 4) is 0 Å². The fourth-order valence-electron chi connectivity index (χ4n) is 2.80. The van der Waals surface area contributed by atoms with Crippen LogP contribution in [0.3, 0.4) is 0 Å². The van der Waals surface area contributed by atoms with E-state index in [-0.39, 0.29) is 0 Å². The van der Waals surface area contributed by atoms with E-state index < -0.39 is 0 Å². The lowest BCUT2D eigenvalue weighted by Gasteiger charge is -2.16. The molecule has 0 spiro atoms. The van der Waals surface area contributed by atoms with Crippen LogP contribution in [-0.4, -0.2) is 16.2 Å². The maximum absolute atomic E-state index is 4.06. The molecule has 1 aromatic rings. The first kappa shape index (κ1) is 12.6. The van der Waals surface area contributed by atoms with Crippen LogP contribution in [0.5, 0.6) is 0 Å². The van der Waals surface area contributed by atoms with Crippen LogP contribution in [-0.2, 0) is 6.54 Å². The van der Waals surface area contributed by atoms with Gasteiger partial charge in [-0.15, -0.1) is 0 Å². The molecule has 1 saturated carbocycles. The van der Waals surface area contributed by atoms with E-state index in [0.29, 0.717) is 6.04 Å². The predicted octanol–water partition coefficient (Wildman–Crippen LogP) is 3.17. The molecular weight excluding hydrogens is 210 g/mol. The number of hydrogen-bond acceptors (Lipinski definition) is 2. The van der Waals surface area contributed by atoms with E-state index in [4.69, 9.17) is 0 Å². The van der Waals surface area contributed by atoms with Crippen LogP contribution in [0, 0.1) is 12.8 Å². The molecule has 96 valence electrons. The maximum Gasteiger partial charge on any atom is 0.0535 e. The van der Waals surface area contributed by atoms with Gasteiger partial charge in [-0.2, -0.15) is 5.10 Å². The number of nitrogens with one attached hydrogen (secondary N) is 2. The van der Waals surface area contributed by atoms with Crippen LogP contribution < -0.4 is 5.32 Å². The second-order valence-electron chi connectivity index (χ2n) is 5.38. The predicted molar refractivity (Wildman–Crippen MR) is 70.8 cm³/mol. The molecule has 2 unspecified atom stereocenters. The van der Waals surface area contributed by atoms with Crippen LogP contribution >= 0.6 is 0 Å². The third-order valence-corrected chi connectivity index (χ3v) is 4.18. The summed E-state index contributed by atoms with van der Waals surface area (Å²) in [7, 11) is 0. The van der Waals surface area contributed by atoms with E-state index in [1.165, 1.54) is 49.8 Å². The molecule has 0 aromatic carbocycles. The highest BCUT2D eigenvalue weighted by atomic mass is 15.1. The molecule has 0 saturated heterocycles. The summed E-state index contributed by atoms with van der Waals surface area (Å²) in [6, 6.07) is 0.709. The zero-order valence-corrected chi connectivity index (χ0v) is 11.1. The van der Waals surface area contributed by atoms with Crippen molar-refractivity contribution in [3.05, 3.63) is 17.5 Å². The minimum atomic E-state index is 0.709. The molecule has 1 fully saturated rings. The summed E-state index contributed by atoms with van der Waals surface area (Å²) in [4.78, 5) is 0. The lowest BCUT2D eigenvalue weighted by atomic mass is 9.98. The Labute approximate surface area is 104 Å². The van der Waals surface area contributed by atoms with Gasteiger partial charge in [0.1, 0.15) is 0 Å². The standard InChI is InChI=1S/C14H25N3/c1-3-12-5-4-6-14(8-7-12)15-9-13-10-16-17-11(13)2/h10,12,14-15H,3-9H2,1-2H3,(H,16,17). The van der Waals surface area contributed by atoms with Crippen molar-refractivity contribution in [1.29, 1.82) is 0 Å². The third-order valence-electron chi connectivity index (χ3n) is 4.18. The van der Waals surface area contributed by atoms with Gasteiger partial charge in [0.25, 0.3) is 0 Å². The molecule has 1 aromatic heterocycles. The van der Waals surface area contributed by atoms with Gasteiger partial charge in [0.15, 0.2) is 0 Å². The van der Waals surface area contributed by atoms with E-state index >= 15 is 0 Å². The van der Waals surface area contributed by atoms with Crippen molar-refractivity contribution in [2.45, 2.75) is 65.0 Å². The van der Waals surface area contributed by atoms with Crippen LogP contribution in [0.15, 0.2) is 6.20 Å². The molecule has 1 heterocycles. The Balaban J connectivity index is 1.78. The van der Waals surface area contributed by atoms with Crippen molar-refractivity contribution in [2.75, 3.05) is 0 Å². The average molecular weight is 235 g/mol. The monoisotopic (exact) mass is 235 g/mol. The molecule has 1 aliphatic rings. The molecule has 0 radical (unpaired) electrons. The highest BCUT2D eigenvalue weighted by Crippen LogP contribution is 2.25. The van der Waals surface area contributed by atoms with Gasteiger partial charge in [0.05, 0.1) is 6.20 Å². The number of hydrogen-bond donors (Lipinski definition) is 2. The van der Waals surface area contributed by atoms with Crippen molar-refractivity contribution < 1.29 is 0 Å². The fourth-order valence-corrected chi connectivity index (χ4v) is 2.80. The van der Waals surface area contributed by atoms with E-state index in [1.807, 2.05) is 6.20 Å². The second kappa shape index (κ2) is 6.20. The molecule has 1 aliphatic carbocycles. The number of H-pyrrole nitrogens is 1. The lowest BCUT2D eigenvalue weighted by molar-refractivity contribution is 0.425. The number of aromatic nitrogens is 2. The number of aromatic amines is 1. The highest BCUT2D eigenvalue weighted by Gasteiger charge is 2.17. The van der Waals surface area contributed by atoms with Gasteiger partial charge in [-0.1, -0.05) is 26.2 Å². The third kappa shape index (κ3) is 3.56. The Morgan fingerprint density at radius 1 is 1.35 bits per heavy atom. The minimum absolute atomic E-state index is 0.709. The Bertz CT molecular complexity index is 332. The molecule has 2 rings (SSSR count). The molecule has 0 amide bonds. The molecular formula is C14H25N3. The van der Waals surface area contributed by atoms with Gasteiger partial charge >= 0.3 is 0 Å². The molecule has 2 atom stereocenters. The Morgan fingerprint density at radius 2 is 2.24 bits per heavy atom. The van der Waals surface area contributed by atoms with Gasteiger partial charge in [-0.25, -0.2) is 0 Å². The van der Waals surface area contributed by atoms with E-state index in [1.54, 1.807) is 0 Å². The van der Waals surface area contributed by atoms with Crippen molar-refractivity contribution >= 4 is 0 Å². The summed E-state index contributed by atoms with van der Waals surface area (Å²) in [6.45, 7) is 5.38. The molecule has 2 N–H and O–H groups in total. The number of rotatable bonds is 4. The van der Waals surface area contributed by atoms with Crippen molar-refractivity contribution in [1.82, 2.24) is 15.5 Å². The minimum Gasteiger partial charge on any atom is -0.310 e. The van der Waals surface area contributed by atoms with Crippen molar-refractivity contribution in [2.24, 2.45) is 5.92 Å². The van der Waals surface area contributed by atoms with Gasteiger partial charge < -0.3 is 5.32 Å². The molecule has 3 nitrogen and oxygen atoms in total. The smallest absolute Gasteiger partial charge is 0.0535 e. The first-order valence-electron chi connectivity index (χ1n) is 7.01. The van der Waals surface area contributed by atoms with Crippen molar-refractivity contribution in [3.63, 3.8) is 0 Å². The van der Waals surface area contributed by atoms with E-state index in [0.717, 1.165) is 12.5 Å². The number of nitrogens with zero attached hydrogens (tertiary/aromatic N) is 1. The molecule has 17 heavy (non-hydrogen) atoms. The topological polar surface area (TPSA) is 40.7 Å². The lowest BCUT2D eigenvalue weighted by Crippen LogP contribution is -2.28. The molecule has 0 bridgehead atoms. The highest BCUT2D eigenvalue weighted by molar-refractivity contribution is 5.13. The van der Waals surface area contributed by atoms with Crippen LogP contribution in [0.4, 0.5) is 0 Å². The van der Waals surface area contributed by atoms with Gasteiger partial charge in [-0.05, 0) is 32.1 Å². The fraction of sp³-hybridized carbons (Fsp3) is 0.786. The van der Waals surface area contributed by atoms with Crippen LogP contribution in [0.1, 0.15) is 56.7 Å². The van der Waals surface area contributed by atoms with Gasteiger partial charge in [-0.3, -0.25) is 5.10 Å². The van der Waals surface area contributed by atoms with Gasteiger partial charge in [0.2, 0.25) is 0 Å². The Hall–Kier alpha value is -0.830. The first-order valence-corrected chi connectivity index (χ1v) is 7.01. The normalized spacial score (nSPS) is 25.8. The summed E-state index contributed by atoms with van der Waals surface area (Å²) in [6.07, 6.45) is 10.2. The summed E-state index contributed by atoms with van der Waals surface area (Å²) in [5, 5.41) is 10.7. The first-order chi connectivity index (χ1) is 8.29. The number of aryl methyl sites for hydroxylation is 1. The van der Waals surface area contributed by atoms with Crippen LogP contribution in [0.25, 0.3) is 0 Å². The second-order valence-corrected chi connectivity index (χ2v) is 5.38.